The van der Waals surface area contributed by atoms with E-state index in [2.05, 4.69) is 13.2 Å². The standard InChI is InChI=1S/C27H42N2O6/c1-8-13-29(25(4,5)6)23(32)21-27-17-18(3)26(7,35-27)20(24(33)34-16-9-2)19(27)22(31)28(21)14-11-10-12-15-30/h8-9,18-21,30H,1-2,10-17H2,3-7H3/t18?,19-,20+,21?,26-,27?/m0/s1. The smallest absolute Gasteiger partial charge is 0.313 e. The van der Waals surface area contributed by atoms with E-state index < -0.39 is 40.6 Å². The van der Waals surface area contributed by atoms with Crippen LogP contribution in [0.3, 0.4) is 0 Å². The fourth-order valence-corrected chi connectivity index (χ4v) is 6.39. The van der Waals surface area contributed by atoms with Crippen molar-refractivity contribution in [3.8, 4) is 0 Å². The number of hydrogen-bond acceptors (Lipinski definition) is 6. The Kier molecular flexibility index (Phi) is 7.87. The Hall–Kier alpha value is -2.19. The second-order valence-electron chi connectivity index (χ2n) is 11.3. The fourth-order valence-electron chi connectivity index (χ4n) is 6.39. The topological polar surface area (TPSA) is 96.4 Å². The molecule has 3 rings (SSSR count). The van der Waals surface area contributed by atoms with Crippen molar-refractivity contribution in [2.75, 3.05) is 26.3 Å². The molecule has 8 nitrogen and oxygen atoms in total. The lowest BCUT2D eigenvalue weighted by Gasteiger charge is -2.42. The van der Waals surface area contributed by atoms with Gasteiger partial charge in [-0.15, -0.1) is 6.58 Å². The highest BCUT2D eigenvalue weighted by Crippen LogP contribution is 2.65. The highest BCUT2D eigenvalue weighted by molar-refractivity contribution is 5.98. The van der Waals surface area contributed by atoms with Crippen molar-refractivity contribution in [3.05, 3.63) is 25.3 Å². The molecular weight excluding hydrogens is 448 g/mol. The first-order chi connectivity index (χ1) is 16.4. The largest absolute Gasteiger partial charge is 0.461 e. The summed E-state index contributed by atoms with van der Waals surface area (Å²) in [4.78, 5) is 44.9. The first-order valence-electron chi connectivity index (χ1n) is 12.7. The second-order valence-corrected chi connectivity index (χ2v) is 11.3. The van der Waals surface area contributed by atoms with Crippen LogP contribution in [0.5, 0.6) is 0 Å². The summed E-state index contributed by atoms with van der Waals surface area (Å²) in [7, 11) is 0. The van der Waals surface area contributed by atoms with Crippen LogP contribution in [0, 0.1) is 17.8 Å². The summed E-state index contributed by atoms with van der Waals surface area (Å²) in [6.07, 6.45) is 5.71. The van der Waals surface area contributed by atoms with Gasteiger partial charge in [-0.05, 0) is 59.3 Å². The molecule has 2 bridgehead atoms. The molecule has 3 saturated heterocycles. The van der Waals surface area contributed by atoms with Crippen molar-refractivity contribution < 1.29 is 29.0 Å². The number of nitrogens with zero attached hydrogens (tertiary/aromatic N) is 2. The average Bonchev–Trinajstić information content (AvgIpc) is 3.29. The Morgan fingerprint density at radius 2 is 1.94 bits per heavy atom. The van der Waals surface area contributed by atoms with Gasteiger partial charge in [0.2, 0.25) is 11.8 Å². The zero-order valence-corrected chi connectivity index (χ0v) is 21.9. The molecule has 3 heterocycles. The SMILES string of the molecule is C=CCOC(=O)[C@H]1[C@H]2C(=O)N(CCCCCO)C(C(=O)N(CC=C)C(C)(C)C)C23CC(C)[C@]1(C)O3. The van der Waals surface area contributed by atoms with Gasteiger partial charge < -0.3 is 24.4 Å². The number of unbranched alkanes of at least 4 members (excludes halogenated alkanes) is 2. The third-order valence-electron chi connectivity index (χ3n) is 8.09. The molecule has 6 atom stereocenters. The van der Waals surface area contributed by atoms with E-state index in [-0.39, 0.29) is 30.9 Å². The summed E-state index contributed by atoms with van der Waals surface area (Å²) >= 11 is 0. The molecule has 196 valence electrons. The van der Waals surface area contributed by atoms with Crippen molar-refractivity contribution in [2.45, 2.75) is 83.1 Å². The van der Waals surface area contributed by atoms with Gasteiger partial charge in [-0.3, -0.25) is 14.4 Å². The monoisotopic (exact) mass is 490 g/mol. The van der Waals surface area contributed by atoms with Gasteiger partial charge in [-0.1, -0.05) is 25.7 Å². The van der Waals surface area contributed by atoms with Crippen molar-refractivity contribution in [1.29, 1.82) is 0 Å². The van der Waals surface area contributed by atoms with Crippen LogP contribution < -0.4 is 0 Å². The molecule has 3 aliphatic heterocycles. The van der Waals surface area contributed by atoms with Gasteiger partial charge in [0, 0.05) is 25.2 Å². The van der Waals surface area contributed by atoms with E-state index in [1.165, 1.54) is 6.08 Å². The van der Waals surface area contributed by atoms with E-state index in [0.29, 0.717) is 32.4 Å². The molecule has 0 saturated carbocycles. The second kappa shape index (κ2) is 10.1. The average molecular weight is 491 g/mol. The Labute approximate surface area is 209 Å². The van der Waals surface area contributed by atoms with E-state index in [9.17, 15) is 19.5 Å². The molecule has 2 amide bonds. The maximum absolute atomic E-state index is 14.2. The van der Waals surface area contributed by atoms with Gasteiger partial charge in [0.15, 0.2) is 0 Å². The van der Waals surface area contributed by atoms with Crippen LogP contribution in [0.25, 0.3) is 0 Å². The Balaban J connectivity index is 2.08. The van der Waals surface area contributed by atoms with E-state index in [0.717, 1.165) is 6.42 Å². The number of fused-ring (bicyclic) bond motifs is 1. The minimum atomic E-state index is -1.10. The zero-order valence-electron chi connectivity index (χ0n) is 21.9. The van der Waals surface area contributed by atoms with Crippen LogP contribution in [-0.2, 0) is 23.9 Å². The lowest BCUT2D eigenvalue weighted by atomic mass is 9.62. The van der Waals surface area contributed by atoms with Crippen molar-refractivity contribution in [3.63, 3.8) is 0 Å². The number of aliphatic hydroxyl groups is 1. The van der Waals surface area contributed by atoms with Crippen LogP contribution >= 0.6 is 0 Å². The molecule has 8 heteroatoms. The normalized spacial score (nSPS) is 33.5. The summed E-state index contributed by atoms with van der Waals surface area (Å²) in [5.74, 6) is -2.51. The Morgan fingerprint density at radius 1 is 1.26 bits per heavy atom. The molecule has 1 spiro atoms. The van der Waals surface area contributed by atoms with Gasteiger partial charge in [-0.25, -0.2) is 0 Å². The molecule has 3 fully saturated rings. The predicted molar refractivity (Wildman–Crippen MR) is 132 cm³/mol. The molecule has 35 heavy (non-hydrogen) atoms. The number of amides is 2. The lowest BCUT2D eigenvalue weighted by Crippen LogP contribution is -2.60. The Morgan fingerprint density at radius 3 is 2.51 bits per heavy atom. The molecule has 1 N–H and O–H groups in total. The highest BCUT2D eigenvalue weighted by atomic mass is 16.6. The number of aliphatic hydroxyl groups excluding tert-OH is 1. The zero-order chi connectivity index (χ0) is 26.2. The van der Waals surface area contributed by atoms with Crippen molar-refractivity contribution in [1.82, 2.24) is 9.80 Å². The minimum Gasteiger partial charge on any atom is -0.461 e. The molecule has 3 aliphatic rings. The third-order valence-corrected chi connectivity index (χ3v) is 8.09. The van der Waals surface area contributed by atoms with Crippen LogP contribution in [0.1, 0.15) is 60.3 Å². The summed E-state index contributed by atoms with van der Waals surface area (Å²) in [5.41, 5.74) is -2.49. The third kappa shape index (κ3) is 4.44. The van der Waals surface area contributed by atoms with Crippen molar-refractivity contribution >= 4 is 17.8 Å². The number of carbonyl (C=O) groups is 3. The lowest BCUT2D eigenvalue weighted by molar-refractivity contribution is -0.162. The first kappa shape index (κ1) is 27.4. The van der Waals surface area contributed by atoms with Crippen LogP contribution in [-0.4, -0.2) is 81.8 Å². The molecule has 3 unspecified atom stereocenters. The molecule has 0 aromatic carbocycles. The number of esters is 1. The number of likely N-dealkylation sites (tertiary alicyclic amines) is 1. The summed E-state index contributed by atoms with van der Waals surface area (Å²) in [6.45, 7) is 18.0. The van der Waals surface area contributed by atoms with Gasteiger partial charge in [-0.2, -0.15) is 0 Å². The number of carbonyl (C=O) groups excluding carboxylic acids is 3. The van der Waals surface area contributed by atoms with Gasteiger partial charge >= 0.3 is 5.97 Å². The Bertz CT molecular complexity index is 866. The highest BCUT2D eigenvalue weighted by Gasteiger charge is 2.80. The van der Waals surface area contributed by atoms with E-state index in [4.69, 9.17) is 9.47 Å². The minimum absolute atomic E-state index is 0.0417. The predicted octanol–water partition coefficient (Wildman–Crippen LogP) is 2.70. The van der Waals surface area contributed by atoms with Crippen molar-refractivity contribution in [2.24, 2.45) is 17.8 Å². The van der Waals surface area contributed by atoms with E-state index in [1.807, 2.05) is 34.6 Å². The molecule has 0 radical (unpaired) electrons. The quantitative estimate of drug-likeness (QED) is 0.272. The maximum atomic E-state index is 14.2. The van der Waals surface area contributed by atoms with Crippen LogP contribution in [0.15, 0.2) is 25.3 Å². The molecule has 0 aliphatic carbocycles. The summed E-state index contributed by atoms with van der Waals surface area (Å²) in [6, 6.07) is -0.838. The molecular formula is C27H42N2O6. The van der Waals surface area contributed by atoms with Crippen LogP contribution in [0.4, 0.5) is 0 Å². The maximum Gasteiger partial charge on any atom is 0.313 e. The van der Waals surface area contributed by atoms with Gasteiger partial charge in [0.25, 0.3) is 0 Å². The molecule has 0 aromatic heterocycles. The summed E-state index contributed by atoms with van der Waals surface area (Å²) in [5, 5.41) is 9.18. The van der Waals surface area contributed by atoms with Crippen LogP contribution in [0.2, 0.25) is 0 Å². The number of rotatable bonds is 11. The number of ether oxygens (including phenoxy) is 2. The van der Waals surface area contributed by atoms with E-state index in [1.54, 1.807) is 15.9 Å². The summed E-state index contributed by atoms with van der Waals surface area (Å²) < 4.78 is 12.1. The fraction of sp³-hybridized carbons (Fsp3) is 0.741. The van der Waals surface area contributed by atoms with E-state index >= 15 is 0 Å². The van der Waals surface area contributed by atoms with Gasteiger partial charge in [0.05, 0.1) is 11.5 Å². The number of hydrogen-bond donors (Lipinski definition) is 1. The van der Waals surface area contributed by atoms with Gasteiger partial charge in [0.1, 0.15) is 24.2 Å². The first-order valence-corrected chi connectivity index (χ1v) is 12.7. The molecule has 0 aromatic rings.